The Bertz CT molecular complexity index is 150. The van der Waals surface area contributed by atoms with Gasteiger partial charge in [-0.05, 0) is 47.1 Å². The van der Waals surface area contributed by atoms with Crippen LogP contribution in [0.2, 0.25) is 0 Å². The Hall–Kier alpha value is -0.160. The Labute approximate surface area is 108 Å². The number of likely N-dealkylation sites (tertiary alicyclic amines) is 1. The van der Waals surface area contributed by atoms with Crippen LogP contribution < -0.4 is 5.73 Å². The second kappa shape index (κ2) is 8.86. The molecule has 0 aromatic heterocycles. The van der Waals surface area contributed by atoms with Crippen molar-refractivity contribution in [1.82, 2.24) is 14.7 Å². The lowest BCUT2D eigenvalue weighted by molar-refractivity contribution is 0.0742. The normalized spacial score (nSPS) is 24.7. The van der Waals surface area contributed by atoms with Gasteiger partial charge in [0.1, 0.15) is 0 Å². The molecule has 4 heteroatoms. The number of nitrogens with two attached hydrogens (primary N) is 1. The summed E-state index contributed by atoms with van der Waals surface area (Å²) in [7, 11) is 5.96. The first-order valence-electron chi connectivity index (χ1n) is 6.44. The van der Waals surface area contributed by atoms with Gasteiger partial charge in [0.05, 0.1) is 0 Å². The first-order chi connectivity index (χ1) is 7.75. The Morgan fingerprint density at radius 3 is 1.65 bits per heavy atom. The topological polar surface area (TPSA) is 35.7 Å². The second-order valence-corrected chi connectivity index (χ2v) is 4.87. The van der Waals surface area contributed by atoms with Gasteiger partial charge in [0.15, 0.2) is 0 Å². The van der Waals surface area contributed by atoms with Crippen molar-refractivity contribution in [2.75, 3.05) is 60.4 Å². The van der Waals surface area contributed by atoms with Crippen LogP contribution in [0.15, 0.2) is 0 Å². The van der Waals surface area contributed by atoms with Gasteiger partial charge in [-0.1, -0.05) is 7.43 Å². The second-order valence-electron chi connectivity index (χ2n) is 4.87. The number of likely N-dealkylation sites (N-methyl/N-ethyl adjacent to an activating group) is 1. The van der Waals surface area contributed by atoms with Crippen molar-refractivity contribution >= 4 is 0 Å². The summed E-state index contributed by atoms with van der Waals surface area (Å²) >= 11 is 0. The van der Waals surface area contributed by atoms with Gasteiger partial charge < -0.3 is 15.5 Å². The Balaban J connectivity index is 0.000000811. The number of piperazine rings is 1. The van der Waals surface area contributed by atoms with Gasteiger partial charge in [0.2, 0.25) is 0 Å². The molecule has 0 bridgehead atoms. The summed E-state index contributed by atoms with van der Waals surface area (Å²) in [6, 6.07) is 0.875. The van der Waals surface area contributed by atoms with E-state index in [-0.39, 0.29) is 7.43 Å². The van der Waals surface area contributed by atoms with Crippen molar-refractivity contribution in [1.29, 1.82) is 0 Å². The molecule has 4 nitrogen and oxygen atoms in total. The molecule has 2 rings (SSSR count). The zero-order valence-corrected chi connectivity index (χ0v) is 11.2. The van der Waals surface area contributed by atoms with Crippen molar-refractivity contribution < 1.29 is 0 Å². The molecule has 2 N–H and O–H groups in total. The summed E-state index contributed by atoms with van der Waals surface area (Å²) in [6.07, 6.45) is 2.75. The Kier molecular flexibility index (Phi) is 8.78. The number of hydrogen-bond donors (Lipinski definition) is 1. The Morgan fingerprint density at radius 1 is 0.765 bits per heavy atom. The third-order valence-electron chi connectivity index (χ3n) is 3.74. The lowest BCUT2D eigenvalue weighted by atomic mass is 10.0. The van der Waals surface area contributed by atoms with Crippen molar-refractivity contribution in [2.45, 2.75) is 26.3 Å². The zero-order chi connectivity index (χ0) is 12.0. The fourth-order valence-electron chi connectivity index (χ4n) is 2.55. The highest BCUT2D eigenvalue weighted by Crippen LogP contribution is 2.16. The van der Waals surface area contributed by atoms with Crippen LogP contribution in [0, 0.1) is 0 Å². The molecule has 0 atom stereocenters. The lowest BCUT2D eigenvalue weighted by Crippen LogP contribution is -2.51. The van der Waals surface area contributed by atoms with Gasteiger partial charge in [0.25, 0.3) is 0 Å². The Morgan fingerprint density at radius 2 is 1.18 bits per heavy atom. The van der Waals surface area contributed by atoms with Crippen LogP contribution in [-0.4, -0.2) is 81.2 Å². The maximum absolute atomic E-state index is 4.50. The number of rotatable bonds is 1. The molecule has 104 valence electrons. The van der Waals surface area contributed by atoms with Crippen molar-refractivity contribution in [3.8, 4) is 0 Å². The van der Waals surface area contributed by atoms with Crippen LogP contribution >= 0.6 is 0 Å². The minimum atomic E-state index is 0. The molecular formula is C13H32N4. The minimum absolute atomic E-state index is 0. The predicted molar refractivity (Wildman–Crippen MR) is 76.4 cm³/mol. The largest absolute Gasteiger partial charge is 0.333 e. The standard InChI is InChI=1S/C11H23N3.CH5N.CH4/c1-12-5-3-11(4-6-12)14-9-7-13(2)8-10-14;1-2;/h11H,3-10H2,1-2H3;2H2,1H3;1H4. The molecule has 0 aromatic rings. The average Bonchev–Trinajstić information content (AvgIpc) is 2.34. The van der Waals surface area contributed by atoms with Gasteiger partial charge in [-0.3, -0.25) is 4.90 Å². The van der Waals surface area contributed by atoms with E-state index in [1.165, 1.54) is 59.2 Å². The molecule has 0 aromatic carbocycles. The van der Waals surface area contributed by atoms with Crippen LogP contribution in [0.5, 0.6) is 0 Å². The molecule has 2 aliphatic rings. The quantitative estimate of drug-likeness (QED) is 0.730. The lowest BCUT2D eigenvalue weighted by Gasteiger charge is -2.41. The maximum atomic E-state index is 4.50. The van der Waals surface area contributed by atoms with Crippen LogP contribution in [0.4, 0.5) is 0 Å². The van der Waals surface area contributed by atoms with Crippen LogP contribution in [0.1, 0.15) is 20.3 Å². The van der Waals surface area contributed by atoms with Crippen LogP contribution in [-0.2, 0) is 0 Å². The molecule has 0 radical (unpaired) electrons. The third-order valence-corrected chi connectivity index (χ3v) is 3.74. The third kappa shape index (κ3) is 5.34. The highest BCUT2D eigenvalue weighted by Gasteiger charge is 2.25. The van der Waals surface area contributed by atoms with Gasteiger partial charge >= 0.3 is 0 Å². The molecule has 2 aliphatic heterocycles. The zero-order valence-electron chi connectivity index (χ0n) is 11.2. The predicted octanol–water partition coefficient (Wildman–Crippen LogP) is 0.539. The summed E-state index contributed by atoms with van der Waals surface area (Å²) in [5, 5.41) is 0. The average molecular weight is 244 g/mol. The molecule has 0 spiro atoms. The summed E-state index contributed by atoms with van der Waals surface area (Å²) < 4.78 is 0. The van der Waals surface area contributed by atoms with Crippen molar-refractivity contribution in [3.05, 3.63) is 0 Å². The van der Waals surface area contributed by atoms with E-state index in [1.54, 1.807) is 0 Å². The molecule has 0 aliphatic carbocycles. The highest BCUT2D eigenvalue weighted by molar-refractivity contribution is 4.81. The van der Waals surface area contributed by atoms with Crippen molar-refractivity contribution in [2.24, 2.45) is 5.73 Å². The van der Waals surface area contributed by atoms with Crippen LogP contribution in [0.3, 0.4) is 0 Å². The molecule has 17 heavy (non-hydrogen) atoms. The van der Waals surface area contributed by atoms with E-state index < -0.39 is 0 Å². The molecule has 2 heterocycles. The van der Waals surface area contributed by atoms with E-state index in [2.05, 4.69) is 34.5 Å². The molecule has 2 saturated heterocycles. The minimum Gasteiger partial charge on any atom is -0.333 e. The van der Waals surface area contributed by atoms with Gasteiger partial charge in [-0.15, -0.1) is 0 Å². The van der Waals surface area contributed by atoms with Crippen LogP contribution in [0.25, 0.3) is 0 Å². The highest BCUT2D eigenvalue weighted by atomic mass is 15.3. The fraction of sp³-hybridized carbons (Fsp3) is 1.00. The van der Waals surface area contributed by atoms with E-state index in [1.807, 2.05) is 0 Å². The van der Waals surface area contributed by atoms with E-state index in [0.717, 1.165) is 6.04 Å². The van der Waals surface area contributed by atoms with E-state index in [4.69, 9.17) is 0 Å². The monoisotopic (exact) mass is 244 g/mol. The van der Waals surface area contributed by atoms with E-state index in [9.17, 15) is 0 Å². The van der Waals surface area contributed by atoms with E-state index >= 15 is 0 Å². The first-order valence-corrected chi connectivity index (χ1v) is 6.44. The fourth-order valence-corrected chi connectivity index (χ4v) is 2.55. The summed E-state index contributed by atoms with van der Waals surface area (Å²) in [4.78, 5) is 7.59. The SMILES string of the molecule is C.CN.CN1CCC(N2CCN(C)CC2)CC1. The molecule has 0 unspecified atom stereocenters. The maximum Gasteiger partial charge on any atom is 0.0121 e. The van der Waals surface area contributed by atoms with Crippen molar-refractivity contribution in [3.63, 3.8) is 0 Å². The number of hydrogen-bond acceptors (Lipinski definition) is 4. The summed E-state index contributed by atoms with van der Waals surface area (Å²) in [5.41, 5.74) is 4.50. The molecule has 0 saturated carbocycles. The molecule has 0 amide bonds. The van der Waals surface area contributed by atoms with E-state index in [0.29, 0.717) is 0 Å². The summed E-state index contributed by atoms with van der Waals surface area (Å²) in [5.74, 6) is 0. The molecular weight excluding hydrogens is 212 g/mol. The number of nitrogens with zero attached hydrogens (tertiary/aromatic N) is 3. The van der Waals surface area contributed by atoms with Gasteiger partial charge in [-0.25, -0.2) is 0 Å². The van der Waals surface area contributed by atoms with Gasteiger partial charge in [0, 0.05) is 32.2 Å². The first kappa shape index (κ1) is 16.8. The summed E-state index contributed by atoms with van der Waals surface area (Å²) in [6.45, 7) is 7.66. The smallest absolute Gasteiger partial charge is 0.0121 e. The molecule has 2 fully saturated rings. The number of piperidine rings is 1. The van der Waals surface area contributed by atoms with Gasteiger partial charge in [-0.2, -0.15) is 0 Å².